The number of carbonyl (C=O) groups excluding carboxylic acids is 2. The number of hydrogen-bond donors (Lipinski definition) is 1. The molecule has 8 nitrogen and oxygen atoms in total. The molecule has 0 bridgehead atoms. The van der Waals surface area contributed by atoms with Crippen LogP contribution in [0.15, 0.2) is 71.6 Å². The number of amides is 1. The molecule has 3 aromatic rings. The van der Waals surface area contributed by atoms with Gasteiger partial charge in [-0.3, -0.25) is 4.79 Å². The summed E-state index contributed by atoms with van der Waals surface area (Å²) in [5.74, 6) is -1.18. The largest absolute Gasteiger partial charge is 0.449 e. The van der Waals surface area contributed by atoms with Crippen LogP contribution < -0.4 is 5.32 Å². The number of fused-ring (bicyclic) bond motifs is 1. The number of sulfonamides is 1. The van der Waals surface area contributed by atoms with E-state index in [4.69, 9.17) is 9.47 Å². The van der Waals surface area contributed by atoms with Crippen LogP contribution in [-0.4, -0.2) is 57.0 Å². The summed E-state index contributed by atoms with van der Waals surface area (Å²) in [7, 11) is -3.65. The molecule has 1 saturated heterocycles. The summed E-state index contributed by atoms with van der Waals surface area (Å²) in [6, 6.07) is 18.8. The van der Waals surface area contributed by atoms with Crippen LogP contribution in [0.4, 0.5) is 5.69 Å². The molecule has 9 heteroatoms. The van der Waals surface area contributed by atoms with Crippen molar-refractivity contribution in [3.8, 4) is 0 Å². The highest BCUT2D eigenvalue weighted by molar-refractivity contribution is 7.89. The number of esters is 1. The van der Waals surface area contributed by atoms with Crippen molar-refractivity contribution in [1.29, 1.82) is 0 Å². The zero-order valence-electron chi connectivity index (χ0n) is 18.1. The van der Waals surface area contributed by atoms with Gasteiger partial charge in [-0.15, -0.1) is 0 Å². The lowest BCUT2D eigenvalue weighted by molar-refractivity contribution is -0.123. The van der Waals surface area contributed by atoms with E-state index in [2.05, 4.69) is 5.32 Å². The standard InChI is InChI=1S/C24H24N2O6S/c1-17(23(27)25-21-9-6-18-4-2-3-5-20(18)16-21)32-24(28)19-7-10-22(11-8-19)33(29,30)26-12-14-31-15-13-26/h2-11,16-17H,12-15H2,1H3,(H,25,27). The Kier molecular flexibility index (Phi) is 6.73. The van der Waals surface area contributed by atoms with E-state index in [1.54, 1.807) is 6.07 Å². The molecule has 1 heterocycles. The van der Waals surface area contributed by atoms with E-state index in [0.717, 1.165) is 10.8 Å². The summed E-state index contributed by atoms with van der Waals surface area (Å²) in [5.41, 5.74) is 0.751. The second kappa shape index (κ2) is 9.70. The first-order valence-corrected chi connectivity index (χ1v) is 12.0. The normalized spacial score (nSPS) is 15.7. The Hall–Kier alpha value is -3.27. The second-order valence-corrected chi connectivity index (χ2v) is 9.58. The zero-order chi connectivity index (χ0) is 23.4. The van der Waals surface area contributed by atoms with Crippen molar-refractivity contribution >= 4 is 38.4 Å². The van der Waals surface area contributed by atoms with Gasteiger partial charge in [0.05, 0.1) is 23.7 Å². The molecule has 0 spiro atoms. The van der Waals surface area contributed by atoms with Crippen LogP contribution in [0.25, 0.3) is 10.8 Å². The molecule has 1 atom stereocenters. The molecule has 0 saturated carbocycles. The SMILES string of the molecule is CC(OC(=O)c1ccc(S(=O)(=O)N2CCOCC2)cc1)C(=O)Nc1ccc2ccccc2c1. The maximum absolute atomic E-state index is 12.7. The minimum atomic E-state index is -3.65. The molecular formula is C24H24N2O6S. The Balaban J connectivity index is 1.38. The van der Waals surface area contributed by atoms with E-state index in [0.29, 0.717) is 18.9 Å². The van der Waals surface area contributed by atoms with Crippen molar-refractivity contribution < 1.29 is 27.5 Å². The number of hydrogen-bond acceptors (Lipinski definition) is 6. The van der Waals surface area contributed by atoms with Crippen molar-refractivity contribution in [2.45, 2.75) is 17.9 Å². The van der Waals surface area contributed by atoms with Gasteiger partial charge in [0.2, 0.25) is 10.0 Å². The highest BCUT2D eigenvalue weighted by Gasteiger charge is 2.27. The molecule has 0 aliphatic carbocycles. The first-order valence-electron chi connectivity index (χ1n) is 10.5. The van der Waals surface area contributed by atoms with Gasteiger partial charge in [-0.1, -0.05) is 30.3 Å². The first-order chi connectivity index (χ1) is 15.8. The smallest absolute Gasteiger partial charge is 0.338 e. The number of nitrogens with one attached hydrogen (secondary N) is 1. The molecule has 4 rings (SSSR count). The number of morpholine rings is 1. The number of benzene rings is 3. The number of carbonyl (C=O) groups is 2. The molecule has 0 aromatic heterocycles. The highest BCUT2D eigenvalue weighted by atomic mass is 32.2. The van der Waals surface area contributed by atoms with Gasteiger partial charge in [-0.05, 0) is 54.1 Å². The molecular weight excluding hydrogens is 444 g/mol. The average molecular weight is 469 g/mol. The lowest BCUT2D eigenvalue weighted by Crippen LogP contribution is -2.40. The molecule has 1 fully saturated rings. The van der Waals surface area contributed by atoms with Gasteiger partial charge in [0.15, 0.2) is 6.10 Å². The first kappa shape index (κ1) is 22.9. The summed E-state index contributed by atoms with van der Waals surface area (Å²) in [4.78, 5) is 25.0. The van der Waals surface area contributed by atoms with Crippen molar-refractivity contribution in [3.05, 3.63) is 72.3 Å². The average Bonchev–Trinajstić information content (AvgIpc) is 2.84. The van der Waals surface area contributed by atoms with Crippen LogP contribution in [0.2, 0.25) is 0 Å². The fourth-order valence-corrected chi connectivity index (χ4v) is 4.90. The quantitative estimate of drug-likeness (QED) is 0.558. The number of anilines is 1. The van der Waals surface area contributed by atoms with Crippen LogP contribution in [0.5, 0.6) is 0 Å². The maximum atomic E-state index is 12.7. The number of rotatable bonds is 6. The van der Waals surface area contributed by atoms with Crippen LogP contribution in [0.1, 0.15) is 17.3 Å². The molecule has 1 unspecified atom stereocenters. The van der Waals surface area contributed by atoms with Crippen molar-refractivity contribution in [1.82, 2.24) is 4.31 Å². The summed E-state index contributed by atoms with van der Waals surface area (Å²) in [6.45, 7) is 2.75. The highest BCUT2D eigenvalue weighted by Crippen LogP contribution is 2.20. The van der Waals surface area contributed by atoms with Crippen LogP contribution in [-0.2, 0) is 24.3 Å². The molecule has 1 aliphatic rings. The monoisotopic (exact) mass is 468 g/mol. The van der Waals surface area contributed by atoms with Gasteiger partial charge in [0.25, 0.3) is 5.91 Å². The fourth-order valence-electron chi connectivity index (χ4n) is 3.49. The van der Waals surface area contributed by atoms with Crippen LogP contribution in [0, 0.1) is 0 Å². The number of ether oxygens (including phenoxy) is 2. The Bertz CT molecular complexity index is 1270. The van der Waals surface area contributed by atoms with E-state index in [-0.39, 0.29) is 23.5 Å². The topological polar surface area (TPSA) is 102 Å². The Morgan fingerprint density at radius 3 is 2.33 bits per heavy atom. The summed E-state index contributed by atoms with van der Waals surface area (Å²) in [6.07, 6.45) is -1.04. The molecule has 33 heavy (non-hydrogen) atoms. The van der Waals surface area contributed by atoms with Gasteiger partial charge >= 0.3 is 5.97 Å². The third-order valence-corrected chi connectivity index (χ3v) is 7.28. The minimum Gasteiger partial charge on any atom is -0.449 e. The molecule has 1 aliphatic heterocycles. The predicted molar refractivity (Wildman–Crippen MR) is 123 cm³/mol. The summed E-state index contributed by atoms with van der Waals surface area (Å²) < 4.78 is 37.2. The van der Waals surface area contributed by atoms with Crippen LogP contribution >= 0.6 is 0 Å². The van der Waals surface area contributed by atoms with Gasteiger partial charge < -0.3 is 14.8 Å². The third-order valence-electron chi connectivity index (χ3n) is 5.37. The fraction of sp³-hybridized carbons (Fsp3) is 0.250. The van der Waals surface area contributed by atoms with Gasteiger partial charge in [0, 0.05) is 18.8 Å². The van der Waals surface area contributed by atoms with Crippen molar-refractivity contribution in [3.63, 3.8) is 0 Å². The Labute approximate surface area is 192 Å². The Morgan fingerprint density at radius 2 is 1.64 bits per heavy atom. The van der Waals surface area contributed by atoms with E-state index in [1.807, 2.05) is 36.4 Å². The minimum absolute atomic E-state index is 0.0862. The molecule has 3 aromatic carbocycles. The van der Waals surface area contributed by atoms with E-state index < -0.39 is 28.0 Å². The predicted octanol–water partition coefficient (Wildman–Crippen LogP) is 3.04. The summed E-state index contributed by atoms with van der Waals surface area (Å²) in [5, 5.41) is 4.77. The van der Waals surface area contributed by atoms with E-state index in [9.17, 15) is 18.0 Å². The van der Waals surface area contributed by atoms with Gasteiger partial charge in [0.1, 0.15) is 0 Å². The summed E-state index contributed by atoms with van der Waals surface area (Å²) >= 11 is 0. The molecule has 0 radical (unpaired) electrons. The lowest BCUT2D eigenvalue weighted by atomic mass is 10.1. The third kappa shape index (κ3) is 5.22. The molecule has 1 N–H and O–H groups in total. The van der Waals surface area contributed by atoms with Crippen LogP contribution in [0.3, 0.4) is 0 Å². The maximum Gasteiger partial charge on any atom is 0.338 e. The van der Waals surface area contributed by atoms with Gasteiger partial charge in [-0.2, -0.15) is 4.31 Å². The van der Waals surface area contributed by atoms with E-state index >= 15 is 0 Å². The molecule has 1 amide bonds. The van der Waals surface area contributed by atoms with Crippen molar-refractivity contribution in [2.24, 2.45) is 0 Å². The van der Waals surface area contributed by atoms with E-state index in [1.165, 1.54) is 35.5 Å². The lowest BCUT2D eigenvalue weighted by Gasteiger charge is -2.26. The second-order valence-electron chi connectivity index (χ2n) is 7.64. The number of nitrogens with zero attached hydrogens (tertiary/aromatic N) is 1. The van der Waals surface area contributed by atoms with Crippen molar-refractivity contribution in [2.75, 3.05) is 31.6 Å². The van der Waals surface area contributed by atoms with Gasteiger partial charge in [-0.25, -0.2) is 13.2 Å². The Morgan fingerprint density at radius 1 is 0.970 bits per heavy atom. The molecule has 172 valence electrons. The zero-order valence-corrected chi connectivity index (χ0v) is 18.9.